The van der Waals surface area contributed by atoms with E-state index in [1.807, 2.05) is 30.3 Å². The number of aliphatic hydroxyl groups is 1. The van der Waals surface area contributed by atoms with Gasteiger partial charge in [0.2, 0.25) is 5.13 Å². The third-order valence-corrected chi connectivity index (χ3v) is 8.46. The fourth-order valence-corrected chi connectivity index (χ4v) is 6.09. The first-order chi connectivity index (χ1) is 19.5. The summed E-state index contributed by atoms with van der Waals surface area (Å²) in [6.07, 6.45) is 1.92. The molecule has 3 aromatic carbocycles. The summed E-state index contributed by atoms with van der Waals surface area (Å²) in [5.41, 5.74) is 1.81. The predicted octanol–water partition coefficient (Wildman–Crippen LogP) is 6.77. The summed E-state index contributed by atoms with van der Waals surface area (Å²) in [7, 11) is 0. The molecule has 1 saturated heterocycles. The van der Waals surface area contributed by atoms with Crippen LogP contribution in [-0.4, -0.2) is 33.6 Å². The molecule has 204 valence electrons. The van der Waals surface area contributed by atoms with Crippen LogP contribution < -0.4 is 9.64 Å². The number of thioether (sulfide) groups is 1. The van der Waals surface area contributed by atoms with Crippen LogP contribution in [0.4, 0.5) is 9.52 Å². The molecule has 1 aliphatic heterocycles. The van der Waals surface area contributed by atoms with Crippen LogP contribution >= 0.6 is 23.1 Å². The van der Waals surface area contributed by atoms with Crippen LogP contribution in [0.3, 0.4) is 0 Å². The number of aromatic nitrogens is 2. The van der Waals surface area contributed by atoms with E-state index in [4.69, 9.17) is 4.74 Å². The van der Waals surface area contributed by atoms with Crippen LogP contribution in [0.2, 0.25) is 0 Å². The summed E-state index contributed by atoms with van der Waals surface area (Å²) in [4.78, 5) is 27.9. The van der Waals surface area contributed by atoms with E-state index in [9.17, 15) is 19.1 Å². The van der Waals surface area contributed by atoms with E-state index in [1.165, 1.54) is 52.3 Å². The highest BCUT2D eigenvalue weighted by atomic mass is 32.2. The first-order valence-corrected chi connectivity index (χ1v) is 14.6. The van der Waals surface area contributed by atoms with Crippen molar-refractivity contribution in [3.05, 3.63) is 107 Å². The van der Waals surface area contributed by atoms with Gasteiger partial charge in [0.1, 0.15) is 17.3 Å². The van der Waals surface area contributed by atoms with E-state index >= 15 is 0 Å². The Kier molecular flexibility index (Phi) is 8.57. The van der Waals surface area contributed by atoms with Crippen molar-refractivity contribution in [2.45, 2.75) is 35.9 Å². The van der Waals surface area contributed by atoms with E-state index in [0.29, 0.717) is 33.6 Å². The highest BCUT2D eigenvalue weighted by molar-refractivity contribution is 8.00. The van der Waals surface area contributed by atoms with Crippen molar-refractivity contribution >= 4 is 45.7 Å². The number of rotatable bonds is 10. The molecule has 0 saturated carbocycles. The molecule has 0 spiro atoms. The molecule has 0 radical (unpaired) electrons. The first-order valence-electron chi connectivity index (χ1n) is 12.8. The molecule has 1 aromatic heterocycles. The van der Waals surface area contributed by atoms with Crippen molar-refractivity contribution in [2.75, 3.05) is 11.5 Å². The fraction of sp³-hybridized carbons (Fsp3) is 0.200. The number of nitrogens with zero attached hydrogens (tertiary/aromatic N) is 3. The van der Waals surface area contributed by atoms with Gasteiger partial charge in [-0.25, -0.2) is 4.39 Å². The quantitative estimate of drug-likeness (QED) is 0.0557. The molecule has 0 unspecified atom stereocenters. The smallest absolute Gasteiger partial charge is 0.301 e. The molecule has 7 nitrogen and oxygen atoms in total. The maximum Gasteiger partial charge on any atom is 0.301 e. The SMILES string of the molecule is CCCCOc1ccc(C(O)=C2C(=O)C(=O)N(c3nnc(SCc4ccccc4)s3)[C@H]2c2ccc(F)cc2)cc1. The van der Waals surface area contributed by atoms with Crippen LogP contribution in [0.15, 0.2) is 88.8 Å². The molecule has 5 rings (SSSR count). The molecule has 4 aromatic rings. The van der Waals surface area contributed by atoms with Crippen molar-refractivity contribution in [2.24, 2.45) is 0 Å². The molecule has 2 heterocycles. The molecular formula is C30H26FN3O4S2. The van der Waals surface area contributed by atoms with Crippen LogP contribution in [0.25, 0.3) is 5.76 Å². The van der Waals surface area contributed by atoms with Gasteiger partial charge in [0.25, 0.3) is 5.78 Å². The van der Waals surface area contributed by atoms with E-state index in [0.717, 1.165) is 18.4 Å². The Morgan fingerprint density at radius 2 is 1.75 bits per heavy atom. The minimum absolute atomic E-state index is 0.107. The fourth-order valence-electron chi connectivity index (χ4n) is 4.27. The van der Waals surface area contributed by atoms with Gasteiger partial charge in [-0.3, -0.25) is 14.5 Å². The summed E-state index contributed by atoms with van der Waals surface area (Å²) in [6, 6.07) is 21.0. The van der Waals surface area contributed by atoms with Gasteiger partial charge < -0.3 is 9.84 Å². The molecular weight excluding hydrogens is 549 g/mol. The second-order valence-electron chi connectivity index (χ2n) is 9.07. The monoisotopic (exact) mass is 575 g/mol. The number of ketones is 1. The topological polar surface area (TPSA) is 92.6 Å². The predicted molar refractivity (Wildman–Crippen MR) is 154 cm³/mol. The molecule has 1 amide bonds. The van der Waals surface area contributed by atoms with Gasteiger partial charge in [0.05, 0.1) is 18.2 Å². The standard InChI is InChI=1S/C30H26FN3O4S2/c1-2-3-17-38-23-15-11-21(12-16-23)26(35)24-25(20-9-13-22(31)14-10-20)34(28(37)27(24)36)29-32-33-30(40-29)39-18-19-7-5-4-6-8-19/h4-16,25,35H,2-3,17-18H2,1H3/t25-/m0/s1. The van der Waals surface area contributed by atoms with E-state index in [-0.39, 0.29) is 16.5 Å². The Balaban J connectivity index is 1.49. The summed E-state index contributed by atoms with van der Waals surface area (Å²) < 4.78 is 20.1. The Labute approximate surface area is 239 Å². The largest absolute Gasteiger partial charge is 0.507 e. The third-order valence-electron chi connectivity index (χ3n) is 6.33. The Bertz CT molecular complexity index is 1520. The number of halogens is 1. The Morgan fingerprint density at radius 3 is 2.45 bits per heavy atom. The second kappa shape index (κ2) is 12.4. The zero-order chi connectivity index (χ0) is 28.1. The number of amides is 1. The average molecular weight is 576 g/mol. The van der Waals surface area contributed by atoms with Gasteiger partial charge in [0, 0.05) is 11.3 Å². The van der Waals surface area contributed by atoms with E-state index in [1.54, 1.807) is 24.3 Å². The first kappa shape index (κ1) is 27.5. The summed E-state index contributed by atoms with van der Waals surface area (Å²) in [5, 5.41) is 19.9. The lowest BCUT2D eigenvalue weighted by Crippen LogP contribution is -2.29. The molecule has 1 N–H and O–H groups in total. The summed E-state index contributed by atoms with van der Waals surface area (Å²) >= 11 is 2.64. The molecule has 40 heavy (non-hydrogen) atoms. The van der Waals surface area contributed by atoms with Crippen molar-refractivity contribution in [3.63, 3.8) is 0 Å². The van der Waals surface area contributed by atoms with E-state index < -0.39 is 23.5 Å². The van der Waals surface area contributed by atoms with Gasteiger partial charge in [-0.2, -0.15) is 0 Å². The van der Waals surface area contributed by atoms with Crippen molar-refractivity contribution < 1.29 is 23.8 Å². The lowest BCUT2D eigenvalue weighted by Gasteiger charge is -2.22. The molecule has 10 heteroatoms. The van der Waals surface area contributed by atoms with Crippen molar-refractivity contribution in [3.8, 4) is 5.75 Å². The average Bonchev–Trinajstić information content (AvgIpc) is 3.55. The van der Waals surface area contributed by atoms with Crippen LogP contribution in [0, 0.1) is 5.82 Å². The van der Waals surface area contributed by atoms with Crippen LogP contribution in [0.5, 0.6) is 5.75 Å². The molecule has 0 bridgehead atoms. The van der Waals surface area contributed by atoms with Gasteiger partial charge in [-0.05, 0) is 53.9 Å². The molecule has 1 aliphatic rings. The highest BCUT2D eigenvalue weighted by Gasteiger charge is 2.48. The number of benzene rings is 3. The van der Waals surface area contributed by atoms with Gasteiger partial charge in [0.15, 0.2) is 4.34 Å². The van der Waals surface area contributed by atoms with Gasteiger partial charge >= 0.3 is 5.91 Å². The minimum atomic E-state index is -1.01. The normalized spacial score (nSPS) is 16.4. The summed E-state index contributed by atoms with van der Waals surface area (Å²) in [5.74, 6) is -1.20. The van der Waals surface area contributed by atoms with Crippen molar-refractivity contribution in [1.82, 2.24) is 10.2 Å². The Hall–Kier alpha value is -4.02. The lowest BCUT2D eigenvalue weighted by molar-refractivity contribution is -0.132. The Morgan fingerprint density at radius 1 is 1.02 bits per heavy atom. The second-order valence-corrected chi connectivity index (χ2v) is 11.3. The zero-order valence-corrected chi connectivity index (χ0v) is 23.3. The number of carbonyl (C=O) groups excluding carboxylic acids is 2. The number of carbonyl (C=O) groups is 2. The summed E-state index contributed by atoms with van der Waals surface area (Å²) in [6.45, 7) is 2.65. The van der Waals surface area contributed by atoms with E-state index in [2.05, 4.69) is 17.1 Å². The number of unbranched alkanes of at least 4 members (excludes halogenated alkanes) is 1. The molecule has 1 fully saturated rings. The lowest BCUT2D eigenvalue weighted by atomic mass is 9.95. The number of hydrogen-bond acceptors (Lipinski definition) is 8. The highest BCUT2D eigenvalue weighted by Crippen LogP contribution is 2.44. The molecule has 1 atom stereocenters. The number of Topliss-reactive ketones (excluding diaryl/α,β-unsaturated/α-hetero) is 1. The molecule has 0 aliphatic carbocycles. The maximum atomic E-state index is 13.8. The van der Waals surface area contributed by atoms with Gasteiger partial charge in [-0.15, -0.1) is 10.2 Å². The zero-order valence-electron chi connectivity index (χ0n) is 21.6. The number of ether oxygens (including phenoxy) is 1. The number of aliphatic hydroxyl groups excluding tert-OH is 1. The van der Waals surface area contributed by atoms with Gasteiger partial charge in [-0.1, -0.05) is 78.9 Å². The maximum absolute atomic E-state index is 13.8. The minimum Gasteiger partial charge on any atom is -0.507 e. The third kappa shape index (κ3) is 5.93. The number of hydrogen-bond donors (Lipinski definition) is 1. The van der Waals surface area contributed by atoms with Crippen LogP contribution in [0.1, 0.15) is 42.5 Å². The number of anilines is 1. The van der Waals surface area contributed by atoms with Crippen LogP contribution in [-0.2, 0) is 15.3 Å². The van der Waals surface area contributed by atoms with Crippen molar-refractivity contribution in [1.29, 1.82) is 0 Å².